The van der Waals surface area contributed by atoms with Crippen LogP contribution in [0.25, 0.3) is 0 Å². The molecule has 0 bridgehead atoms. The zero-order valence-electron chi connectivity index (χ0n) is 15.4. The minimum Gasteiger partial charge on any atom is -0.358 e. The van der Waals surface area contributed by atoms with Gasteiger partial charge in [-0.1, -0.05) is 38.8 Å². The molecule has 1 aromatic carbocycles. The lowest BCUT2D eigenvalue weighted by Crippen LogP contribution is -2.52. The van der Waals surface area contributed by atoms with E-state index in [1.54, 1.807) is 24.3 Å². The molecule has 0 aliphatic heterocycles. The largest absolute Gasteiger partial charge is 0.358 e. The molecular formula is C18H27N3O3S2. The second-order valence-electron chi connectivity index (χ2n) is 7.19. The number of hydrazine groups is 1. The van der Waals surface area contributed by atoms with Crippen LogP contribution in [0.15, 0.2) is 24.3 Å². The van der Waals surface area contributed by atoms with Crippen LogP contribution in [0.1, 0.15) is 49.0 Å². The van der Waals surface area contributed by atoms with E-state index in [9.17, 15) is 13.2 Å². The van der Waals surface area contributed by atoms with Gasteiger partial charge in [0.05, 0.1) is 5.75 Å². The molecule has 144 valence electrons. The zero-order chi connectivity index (χ0) is 19.3. The van der Waals surface area contributed by atoms with Crippen LogP contribution in [0.4, 0.5) is 0 Å². The van der Waals surface area contributed by atoms with Gasteiger partial charge in [0.25, 0.3) is 5.91 Å². The summed E-state index contributed by atoms with van der Waals surface area (Å²) in [6.07, 6.45) is 4.67. The molecule has 0 heterocycles. The molecule has 0 aromatic heterocycles. The summed E-state index contributed by atoms with van der Waals surface area (Å²) in [5.74, 6) is 0.815. The number of carbonyl (C=O) groups excluding carboxylic acids is 1. The van der Waals surface area contributed by atoms with Gasteiger partial charge in [-0.2, -0.15) is 0 Å². The van der Waals surface area contributed by atoms with Crippen LogP contribution < -0.4 is 16.2 Å². The van der Waals surface area contributed by atoms with Crippen LogP contribution in [0.3, 0.4) is 0 Å². The van der Waals surface area contributed by atoms with Crippen molar-refractivity contribution in [3.05, 3.63) is 35.4 Å². The number of carbonyl (C=O) groups is 1. The summed E-state index contributed by atoms with van der Waals surface area (Å²) in [5, 5.41) is 3.68. The van der Waals surface area contributed by atoms with Gasteiger partial charge < -0.3 is 5.32 Å². The molecule has 0 spiro atoms. The number of benzene rings is 1. The molecule has 2 rings (SSSR count). The molecule has 1 aliphatic carbocycles. The first-order valence-electron chi connectivity index (χ1n) is 8.79. The second-order valence-corrected chi connectivity index (χ2v) is 9.74. The molecule has 3 N–H and O–H groups in total. The third kappa shape index (κ3) is 6.25. The van der Waals surface area contributed by atoms with Crippen molar-refractivity contribution in [3.63, 3.8) is 0 Å². The van der Waals surface area contributed by atoms with Crippen molar-refractivity contribution in [1.29, 1.82) is 0 Å². The van der Waals surface area contributed by atoms with E-state index in [2.05, 4.69) is 30.0 Å². The smallest absolute Gasteiger partial charge is 0.269 e. The van der Waals surface area contributed by atoms with Crippen LogP contribution in [-0.4, -0.2) is 31.7 Å². The molecule has 0 radical (unpaired) electrons. The summed E-state index contributed by atoms with van der Waals surface area (Å²) in [6.45, 7) is 4.48. The van der Waals surface area contributed by atoms with Gasteiger partial charge in [-0.25, -0.2) is 8.42 Å². The van der Waals surface area contributed by atoms with E-state index in [0.29, 0.717) is 34.1 Å². The quantitative estimate of drug-likeness (QED) is 0.533. The highest BCUT2D eigenvalue weighted by Crippen LogP contribution is 2.29. The molecule has 3 atom stereocenters. The number of hydrogen-bond acceptors (Lipinski definition) is 4. The summed E-state index contributed by atoms with van der Waals surface area (Å²) < 4.78 is 22.6. The maximum atomic E-state index is 12.2. The van der Waals surface area contributed by atoms with E-state index in [4.69, 9.17) is 12.2 Å². The fourth-order valence-electron chi connectivity index (χ4n) is 3.23. The van der Waals surface area contributed by atoms with Gasteiger partial charge in [0, 0.05) is 17.9 Å². The summed E-state index contributed by atoms with van der Waals surface area (Å²) in [4.78, 5) is 12.2. The molecule has 1 aromatic rings. The van der Waals surface area contributed by atoms with E-state index in [1.165, 1.54) is 19.1 Å². The maximum Gasteiger partial charge on any atom is 0.269 e. The second kappa shape index (κ2) is 8.81. The van der Waals surface area contributed by atoms with Crippen LogP contribution in [0.5, 0.6) is 0 Å². The summed E-state index contributed by atoms with van der Waals surface area (Å²) >= 11 is 5.27. The predicted octanol–water partition coefficient (Wildman–Crippen LogP) is 2.16. The number of amides is 1. The van der Waals surface area contributed by atoms with Crippen LogP contribution in [0, 0.1) is 11.8 Å². The molecule has 1 saturated carbocycles. The first-order chi connectivity index (χ1) is 12.2. The standard InChI is InChI=1S/C18H27N3O3S2/c1-12-5-4-6-16(13(12)2)19-18(25)21-20-17(22)15-9-7-14(8-10-15)11-26(3,23)24/h7-10,12-13,16H,4-6,11H2,1-3H3,(H,20,22)(H2,19,21,25)/t12-,13+,16-/m0/s1. The number of hydrogen-bond donors (Lipinski definition) is 3. The van der Waals surface area contributed by atoms with Crippen LogP contribution >= 0.6 is 12.2 Å². The molecule has 8 heteroatoms. The van der Waals surface area contributed by atoms with Crippen molar-refractivity contribution < 1.29 is 13.2 Å². The van der Waals surface area contributed by atoms with Gasteiger partial charge >= 0.3 is 0 Å². The first kappa shape index (κ1) is 20.6. The Kier molecular flexibility index (Phi) is 7.00. The lowest BCUT2D eigenvalue weighted by molar-refractivity contribution is 0.0943. The van der Waals surface area contributed by atoms with Crippen molar-refractivity contribution in [2.45, 2.75) is 44.9 Å². The fourth-order valence-corrected chi connectivity index (χ4v) is 4.23. The Morgan fingerprint density at radius 3 is 2.42 bits per heavy atom. The van der Waals surface area contributed by atoms with Gasteiger partial charge in [-0.15, -0.1) is 0 Å². The zero-order valence-corrected chi connectivity index (χ0v) is 17.0. The SMILES string of the molecule is C[C@H]1[C@@H](NC(=S)NNC(=O)c2ccc(CS(C)(=O)=O)cc2)CCC[C@@H]1C. The van der Waals surface area contributed by atoms with Crippen molar-refractivity contribution in [3.8, 4) is 0 Å². The van der Waals surface area contributed by atoms with Crippen molar-refractivity contribution >= 4 is 33.1 Å². The molecule has 6 nitrogen and oxygen atoms in total. The Hall–Kier alpha value is -1.67. The van der Waals surface area contributed by atoms with Gasteiger partial charge in [0.1, 0.15) is 0 Å². The third-order valence-corrected chi connectivity index (χ3v) is 6.04. The summed E-state index contributed by atoms with van der Waals surface area (Å²) in [5.41, 5.74) is 6.39. The van der Waals surface area contributed by atoms with Crippen molar-refractivity contribution in [2.75, 3.05) is 6.26 Å². The highest BCUT2D eigenvalue weighted by atomic mass is 32.2. The summed E-state index contributed by atoms with van der Waals surface area (Å²) in [6, 6.07) is 6.78. The van der Waals surface area contributed by atoms with E-state index in [1.807, 2.05) is 0 Å². The third-order valence-electron chi connectivity index (χ3n) is 4.96. The number of thiocarbonyl (C=S) groups is 1. The topological polar surface area (TPSA) is 87.3 Å². The van der Waals surface area contributed by atoms with Gasteiger partial charge in [-0.3, -0.25) is 15.6 Å². The van der Waals surface area contributed by atoms with E-state index in [-0.39, 0.29) is 11.7 Å². The number of rotatable bonds is 4. The minimum absolute atomic E-state index is 0.0425. The van der Waals surface area contributed by atoms with E-state index < -0.39 is 9.84 Å². The lowest BCUT2D eigenvalue weighted by atomic mass is 9.78. The highest BCUT2D eigenvalue weighted by molar-refractivity contribution is 7.89. The molecule has 0 unspecified atom stereocenters. The molecule has 1 amide bonds. The predicted molar refractivity (Wildman–Crippen MR) is 107 cm³/mol. The minimum atomic E-state index is -3.09. The Balaban J connectivity index is 1.83. The Morgan fingerprint density at radius 1 is 1.15 bits per heavy atom. The van der Waals surface area contributed by atoms with E-state index in [0.717, 1.165) is 6.42 Å². The summed E-state index contributed by atoms with van der Waals surface area (Å²) in [7, 11) is -3.09. The van der Waals surface area contributed by atoms with Crippen molar-refractivity contribution in [1.82, 2.24) is 16.2 Å². The molecule has 0 saturated heterocycles. The highest BCUT2D eigenvalue weighted by Gasteiger charge is 2.27. The average Bonchev–Trinajstić information content (AvgIpc) is 2.56. The number of nitrogens with one attached hydrogen (secondary N) is 3. The average molecular weight is 398 g/mol. The lowest BCUT2D eigenvalue weighted by Gasteiger charge is -2.35. The van der Waals surface area contributed by atoms with E-state index >= 15 is 0 Å². The fraction of sp³-hybridized carbons (Fsp3) is 0.556. The molecule has 26 heavy (non-hydrogen) atoms. The Labute approximate surface area is 161 Å². The Morgan fingerprint density at radius 2 is 1.81 bits per heavy atom. The number of sulfone groups is 1. The van der Waals surface area contributed by atoms with Gasteiger partial charge in [0.15, 0.2) is 14.9 Å². The Bertz CT molecular complexity index is 747. The first-order valence-corrected chi connectivity index (χ1v) is 11.3. The molecular weight excluding hydrogens is 370 g/mol. The van der Waals surface area contributed by atoms with Crippen LogP contribution in [0.2, 0.25) is 0 Å². The van der Waals surface area contributed by atoms with Crippen LogP contribution in [-0.2, 0) is 15.6 Å². The van der Waals surface area contributed by atoms with Gasteiger partial charge in [-0.05, 0) is 48.2 Å². The van der Waals surface area contributed by atoms with Gasteiger partial charge in [0.2, 0.25) is 0 Å². The van der Waals surface area contributed by atoms with Crippen molar-refractivity contribution in [2.24, 2.45) is 11.8 Å². The molecule has 1 aliphatic rings. The molecule has 1 fully saturated rings. The normalized spacial score (nSPS) is 23.1. The monoisotopic (exact) mass is 397 g/mol. The maximum absolute atomic E-state index is 12.2.